The lowest BCUT2D eigenvalue weighted by atomic mass is 10.2. The fraction of sp³-hybridized carbons (Fsp3) is 0.467. The largest absolute Gasteiger partial charge is 0.495 e. The Morgan fingerprint density at radius 3 is 2.77 bits per heavy atom. The molecule has 7 heteroatoms. The molecule has 1 saturated carbocycles. The van der Waals surface area contributed by atoms with Crippen LogP contribution in [0.4, 0.5) is 0 Å². The summed E-state index contributed by atoms with van der Waals surface area (Å²) < 4.78 is 19.5. The third-order valence-corrected chi connectivity index (χ3v) is 5.31. The summed E-state index contributed by atoms with van der Waals surface area (Å²) in [6.07, 6.45) is 2.36. The minimum atomic E-state index is -1.05. The van der Waals surface area contributed by atoms with Crippen LogP contribution in [0.3, 0.4) is 0 Å². The molecule has 1 atom stereocenters. The molecule has 5 nitrogen and oxygen atoms in total. The lowest BCUT2D eigenvalue weighted by Crippen LogP contribution is -2.06. The van der Waals surface area contributed by atoms with E-state index in [1.165, 1.54) is 12.8 Å². The number of hydrogen-bond acceptors (Lipinski definition) is 4. The summed E-state index contributed by atoms with van der Waals surface area (Å²) in [7, 11) is 2.47. The first-order chi connectivity index (χ1) is 10.6. The summed E-state index contributed by atoms with van der Waals surface area (Å²) in [4.78, 5) is 0. The van der Waals surface area contributed by atoms with Gasteiger partial charge in [0, 0.05) is 29.5 Å². The highest BCUT2D eigenvalue weighted by Gasteiger charge is 2.29. The predicted octanol–water partition coefficient (Wildman–Crippen LogP) is 2.80. The van der Waals surface area contributed by atoms with Gasteiger partial charge < -0.3 is 9.30 Å². The zero-order chi connectivity index (χ0) is 15.7. The van der Waals surface area contributed by atoms with Crippen LogP contribution >= 0.6 is 11.6 Å². The van der Waals surface area contributed by atoms with Crippen molar-refractivity contribution in [3.63, 3.8) is 0 Å². The van der Waals surface area contributed by atoms with Crippen LogP contribution in [-0.2, 0) is 29.4 Å². The quantitative estimate of drug-likeness (QED) is 0.812. The van der Waals surface area contributed by atoms with Crippen molar-refractivity contribution in [2.45, 2.75) is 30.3 Å². The van der Waals surface area contributed by atoms with Gasteiger partial charge >= 0.3 is 0 Å². The molecule has 118 valence electrons. The van der Waals surface area contributed by atoms with Crippen LogP contribution in [0.5, 0.6) is 5.75 Å². The van der Waals surface area contributed by atoms with Crippen molar-refractivity contribution in [2.24, 2.45) is 7.05 Å². The average molecular weight is 340 g/mol. The van der Waals surface area contributed by atoms with Crippen LogP contribution in [0, 0.1) is 0 Å². The molecule has 1 aromatic heterocycles. The fourth-order valence-electron chi connectivity index (χ4n) is 2.38. The molecule has 1 aliphatic rings. The second-order valence-corrected chi connectivity index (χ2v) is 7.37. The van der Waals surface area contributed by atoms with E-state index >= 15 is 0 Å². The molecule has 0 spiro atoms. The smallest absolute Gasteiger partial charge is 0.145 e. The van der Waals surface area contributed by atoms with Gasteiger partial charge in [-0.05, 0) is 30.5 Å². The number of halogens is 1. The van der Waals surface area contributed by atoms with Gasteiger partial charge in [-0.3, -0.25) is 4.21 Å². The molecular formula is C15H18ClN3O2S. The van der Waals surface area contributed by atoms with Gasteiger partial charge in [-0.2, -0.15) is 0 Å². The van der Waals surface area contributed by atoms with E-state index in [0.29, 0.717) is 28.2 Å². The molecule has 0 saturated heterocycles. The number of nitrogens with zero attached hydrogens (tertiary/aromatic N) is 3. The first-order valence-electron chi connectivity index (χ1n) is 7.14. The van der Waals surface area contributed by atoms with Gasteiger partial charge in [-0.15, -0.1) is 10.2 Å². The Kier molecular flexibility index (Phi) is 4.49. The van der Waals surface area contributed by atoms with Gasteiger partial charge in [0.1, 0.15) is 17.4 Å². The van der Waals surface area contributed by atoms with Crippen molar-refractivity contribution in [2.75, 3.05) is 7.11 Å². The number of hydrogen-bond donors (Lipinski definition) is 0. The summed E-state index contributed by atoms with van der Waals surface area (Å²) in [5, 5.41) is 8.93. The van der Waals surface area contributed by atoms with E-state index in [1.54, 1.807) is 19.2 Å². The minimum absolute atomic E-state index is 0.403. The molecule has 1 aromatic carbocycles. The highest BCUT2D eigenvalue weighted by molar-refractivity contribution is 7.83. The third kappa shape index (κ3) is 3.33. The fourth-order valence-corrected chi connectivity index (χ4v) is 3.85. The van der Waals surface area contributed by atoms with Gasteiger partial charge in [-0.1, -0.05) is 17.7 Å². The third-order valence-electron chi connectivity index (χ3n) is 3.78. The normalized spacial score (nSPS) is 15.8. The molecule has 0 radical (unpaired) electrons. The summed E-state index contributed by atoms with van der Waals surface area (Å²) in [5.74, 6) is 3.80. The maximum absolute atomic E-state index is 12.4. The molecule has 3 rings (SSSR count). The van der Waals surface area contributed by atoms with Crippen molar-refractivity contribution in [3.8, 4) is 5.75 Å². The van der Waals surface area contributed by atoms with E-state index in [-0.39, 0.29) is 0 Å². The molecule has 1 aliphatic carbocycles. The number of methoxy groups -OCH3 is 1. The SMILES string of the molecule is COc1ccc(C[S@](=O)Cc2nnc(C3CC3)n2C)cc1Cl. The lowest BCUT2D eigenvalue weighted by molar-refractivity contribution is 0.415. The molecule has 0 unspecified atom stereocenters. The van der Waals surface area contributed by atoms with Crippen LogP contribution < -0.4 is 4.74 Å². The molecule has 0 amide bonds. The Morgan fingerprint density at radius 1 is 1.36 bits per heavy atom. The summed E-state index contributed by atoms with van der Waals surface area (Å²) in [6, 6.07) is 5.47. The van der Waals surface area contributed by atoms with Gasteiger partial charge in [0.2, 0.25) is 0 Å². The highest BCUT2D eigenvalue weighted by atomic mass is 35.5. The highest BCUT2D eigenvalue weighted by Crippen LogP contribution is 2.38. The lowest BCUT2D eigenvalue weighted by Gasteiger charge is -2.07. The zero-order valence-electron chi connectivity index (χ0n) is 12.6. The van der Waals surface area contributed by atoms with Crippen LogP contribution in [0.2, 0.25) is 5.02 Å². The molecule has 0 bridgehead atoms. The maximum Gasteiger partial charge on any atom is 0.145 e. The van der Waals surface area contributed by atoms with Gasteiger partial charge in [-0.25, -0.2) is 0 Å². The van der Waals surface area contributed by atoms with Crippen molar-refractivity contribution in [1.82, 2.24) is 14.8 Å². The number of aromatic nitrogens is 3. The second-order valence-electron chi connectivity index (χ2n) is 5.51. The molecule has 1 fully saturated rings. The molecule has 2 aromatic rings. The first kappa shape index (κ1) is 15.5. The summed E-state index contributed by atoms with van der Waals surface area (Å²) in [5.41, 5.74) is 0.925. The van der Waals surface area contributed by atoms with Gasteiger partial charge in [0.15, 0.2) is 0 Å². The van der Waals surface area contributed by atoms with Crippen molar-refractivity contribution >= 4 is 22.4 Å². The predicted molar refractivity (Wildman–Crippen MR) is 86.5 cm³/mol. The van der Waals surface area contributed by atoms with Crippen LogP contribution in [-0.4, -0.2) is 26.1 Å². The standard InChI is InChI=1S/C15H18ClN3O2S/c1-19-14(17-18-15(19)11-4-5-11)9-22(20)8-10-3-6-13(21-2)12(16)7-10/h3,6-7,11H,4-5,8-9H2,1-2H3/t22-/m0/s1. The minimum Gasteiger partial charge on any atom is -0.495 e. The van der Waals surface area contributed by atoms with Crippen LogP contribution in [0.25, 0.3) is 0 Å². The zero-order valence-corrected chi connectivity index (χ0v) is 14.2. The van der Waals surface area contributed by atoms with Gasteiger partial charge in [0.05, 0.1) is 17.9 Å². The van der Waals surface area contributed by atoms with Crippen LogP contribution in [0.1, 0.15) is 36.0 Å². The topological polar surface area (TPSA) is 57.0 Å². The molecular weight excluding hydrogens is 322 g/mol. The van der Waals surface area contributed by atoms with E-state index in [1.807, 2.05) is 17.7 Å². The van der Waals surface area contributed by atoms with Gasteiger partial charge in [0.25, 0.3) is 0 Å². The molecule has 0 aliphatic heterocycles. The Bertz CT molecular complexity index is 713. The summed E-state index contributed by atoms with van der Waals surface area (Å²) in [6.45, 7) is 0. The van der Waals surface area contributed by atoms with Crippen molar-refractivity contribution in [3.05, 3.63) is 40.4 Å². The Labute approximate surface area is 137 Å². The molecule has 0 N–H and O–H groups in total. The average Bonchev–Trinajstić information content (AvgIpc) is 3.25. The Morgan fingerprint density at radius 2 is 2.14 bits per heavy atom. The molecule has 22 heavy (non-hydrogen) atoms. The van der Waals surface area contributed by atoms with E-state index in [9.17, 15) is 4.21 Å². The van der Waals surface area contributed by atoms with Crippen molar-refractivity contribution in [1.29, 1.82) is 0 Å². The van der Waals surface area contributed by atoms with Crippen molar-refractivity contribution < 1.29 is 8.95 Å². The van der Waals surface area contributed by atoms with Crippen LogP contribution in [0.15, 0.2) is 18.2 Å². The molecule has 1 heterocycles. The van der Waals surface area contributed by atoms with E-state index in [0.717, 1.165) is 17.2 Å². The van der Waals surface area contributed by atoms with E-state index in [4.69, 9.17) is 16.3 Å². The second kappa shape index (κ2) is 6.38. The van der Waals surface area contributed by atoms with E-state index in [2.05, 4.69) is 10.2 Å². The summed E-state index contributed by atoms with van der Waals surface area (Å²) >= 11 is 6.09. The number of ether oxygens (including phenoxy) is 1. The Hall–Kier alpha value is -1.40. The van der Waals surface area contributed by atoms with E-state index < -0.39 is 10.8 Å². The first-order valence-corrected chi connectivity index (χ1v) is 9.00. The monoisotopic (exact) mass is 339 g/mol. The number of rotatable bonds is 6. The Balaban J connectivity index is 1.66. The number of benzene rings is 1. The maximum atomic E-state index is 12.4.